The highest BCUT2D eigenvalue weighted by Gasteiger charge is 2.40. The summed E-state index contributed by atoms with van der Waals surface area (Å²) >= 11 is 0. The topological polar surface area (TPSA) is 100 Å². The number of hydrogen-bond acceptors (Lipinski definition) is 6. The Balaban J connectivity index is 1.63. The van der Waals surface area contributed by atoms with E-state index in [0.29, 0.717) is 17.4 Å². The lowest BCUT2D eigenvalue weighted by Crippen LogP contribution is -2.15. The van der Waals surface area contributed by atoms with Gasteiger partial charge in [-0.2, -0.15) is 15.6 Å². The van der Waals surface area contributed by atoms with Crippen LogP contribution in [0.4, 0.5) is 0 Å². The largest absolute Gasteiger partial charge is 0.453 e. The van der Waals surface area contributed by atoms with Gasteiger partial charge in [-0.25, -0.2) is 9.97 Å². The third kappa shape index (κ3) is 3.71. The summed E-state index contributed by atoms with van der Waals surface area (Å²) in [6, 6.07) is 8.18. The first kappa shape index (κ1) is 20.2. The average molecular weight is 425 g/mol. The Kier molecular flexibility index (Phi) is 5.11. The summed E-state index contributed by atoms with van der Waals surface area (Å²) < 4.78 is 8.55. The van der Waals surface area contributed by atoms with Crippen LogP contribution in [0.1, 0.15) is 83.6 Å². The van der Waals surface area contributed by atoms with Gasteiger partial charge in [0.1, 0.15) is 17.8 Å². The molecule has 32 heavy (non-hydrogen) atoms. The molecular formula is C25H24N6O. The van der Waals surface area contributed by atoms with E-state index in [-0.39, 0.29) is 12.5 Å². The molecule has 2 aliphatic carbocycles. The van der Waals surface area contributed by atoms with Crippen molar-refractivity contribution in [2.45, 2.75) is 63.8 Å². The number of aromatic nitrogens is 4. The van der Waals surface area contributed by atoms with Gasteiger partial charge in [-0.3, -0.25) is 4.68 Å². The van der Waals surface area contributed by atoms with Crippen LogP contribution in [0.25, 0.3) is 0 Å². The van der Waals surface area contributed by atoms with Gasteiger partial charge in [0, 0.05) is 29.8 Å². The van der Waals surface area contributed by atoms with Crippen LogP contribution < -0.4 is 4.74 Å². The van der Waals surface area contributed by atoms with E-state index in [1.165, 1.54) is 6.33 Å². The van der Waals surface area contributed by atoms with Gasteiger partial charge in [-0.15, -0.1) is 0 Å². The first-order valence-electron chi connectivity index (χ1n) is 11.0. The maximum atomic E-state index is 9.56. The zero-order chi connectivity index (χ0) is 22.2. The van der Waals surface area contributed by atoms with Crippen molar-refractivity contribution >= 4 is 0 Å². The van der Waals surface area contributed by atoms with Crippen LogP contribution in [0.5, 0.6) is 11.5 Å². The molecule has 1 atom stereocenters. The van der Waals surface area contributed by atoms with Gasteiger partial charge in [0.2, 0.25) is 0 Å². The van der Waals surface area contributed by atoms with Crippen LogP contribution in [-0.2, 0) is 0 Å². The van der Waals surface area contributed by atoms with Crippen LogP contribution in [0.15, 0.2) is 30.9 Å². The second kappa shape index (κ2) is 8.09. The fraction of sp³-hybridized carbons (Fsp3) is 0.400. The van der Waals surface area contributed by atoms with Crippen LogP contribution >= 0.6 is 0 Å². The van der Waals surface area contributed by atoms with Crippen molar-refractivity contribution in [3.05, 3.63) is 64.5 Å². The highest BCUT2D eigenvalue weighted by Crippen LogP contribution is 2.53. The SMILES string of the molecule is Cc1cc(Oc2c(C3CC3)nn(C(CC#N)c3cncnc3)c2C2CC2)cc(C)c1C#N. The quantitative estimate of drug-likeness (QED) is 0.516. The first-order chi connectivity index (χ1) is 15.6. The van der Waals surface area contributed by atoms with Gasteiger partial charge in [0.15, 0.2) is 5.75 Å². The molecule has 1 unspecified atom stereocenters. The molecule has 0 saturated heterocycles. The summed E-state index contributed by atoms with van der Waals surface area (Å²) in [6.45, 7) is 3.87. The predicted octanol–water partition coefficient (Wildman–Crippen LogP) is 5.21. The number of nitrogens with zero attached hydrogens (tertiary/aromatic N) is 6. The Bertz CT molecular complexity index is 1220. The molecule has 3 aromatic rings. The molecule has 2 aromatic heterocycles. The molecule has 2 aliphatic rings. The Hall–Kier alpha value is -3.71. The molecule has 2 heterocycles. The molecule has 0 N–H and O–H groups in total. The van der Waals surface area contributed by atoms with E-state index in [1.807, 2.05) is 30.7 Å². The van der Waals surface area contributed by atoms with Crippen molar-refractivity contribution < 1.29 is 4.74 Å². The van der Waals surface area contributed by atoms with Gasteiger partial charge < -0.3 is 4.74 Å². The summed E-state index contributed by atoms with van der Waals surface area (Å²) in [5.74, 6) is 2.32. The van der Waals surface area contributed by atoms with E-state index < -0.39 is 0 Å². The molecule has 2 saturated carbocycles. The molecule has 0 bridgehead atoms. The molecule has 0 radical (unpaired) electrons. The fourth-order valence-corrected chi connectivity index (χ4v) is 4.34. The van der Waals surface area contributed by atoms with E-state index in [1.54, 1.807) is 12.4 Å². The van der Waals surface area contributed by atoms with Crippen LogP contribution in [-0.4, -0.2) is 19.7 Å². The van der Waals surface area contributed by atoms with Crippen molar-refractivity contribution in [2.24, 2.45) is 0 Å². The summed E-state index contributed by atoms with van der Waals surface area (Å²) in [7, 11) is 0. The Morgan fingerprint density at radius 1 is 1.06 bits per heavy atom. The van der Waals surface area contributed by atoms with Crippen molar-refractivity contribution in [3.63, 3.8) is 0 Å². The minimum Gasteiger partial charge on any atom is -0.453 e. The number of nitriles is 2. The molecule has 7 heteroatoms. The van der Waals surface area contributed by atoms with Crippen molar-refractivity contribution in [1.82, 2.24) is 19.7 Å². The third-order valence-electron chi connectivity index (χ3n) is 6.24. The highest BCUT2D eigenvalue weighted by atomic mass is 16.5. The molecule has 1 aromatic carbocycles. The normalized spacial score (nSPS) is 16.2. The lowest BCUT2D eigenvalue weighted by molar-refractivity contribution is 0.459. The average Bonchev–Trinajstić information content (AvgIpc) is 3.71. The minimum absolute atomic E-state index is 0.254. The maximum Gasteiger partial charge on any atom is 0.172 e. The van der Waals surface area contributed by atoms with Gasteiger partial charge in [0.25, 0.3) is 0 Å². The number of aryl methyl sites for hydroxylation is 2. The first-order valence-corrected chi connectivity index (χ1v) is 11.0. The molecule has 2 fully saturated rings. The number of hydrogen-bond donors (Lipinski definition) is 0. The molecule has 160 valence electrons. The monoisotopic (exact) mass is 424 g/mol. The number of rotatable bonds is 7. The van der Waals surface area contributed by atoms with E-state index in [0.717, 1.165) is 65.3 Å². The lowest BCUT2D eigenvalue weighted by atomic mass is 10.0. The van der Waals surface area contributed by atoms with Crippen molar-refractivity contribution in [1.29, 1.82) is 10.5 Å². The zero-order valence-electron chi connectivity index (χ0n) is 18.2. The highest BCUT2D eigenvalue weighted by molar-refractivity contribution is 5.51. The Morgan fingerprint density at radius 3 is 2.28 bits per heavy atom. The molecule has 0 spiro atoms. The zero-order valence-corrected chi connectivity index (χ0v) is 18.2. The fourth-order valence-electron chi connectivity index (χ4n) is 4.34. The number of ether oxygens (including phenoxy) is 1. The van der Waals surface area contributed by atoms with Crippen LogP contribution in [0, 0.1) is 36.5 Å². The Morgan fingerprint density at radius 2 is 1.72 bits per heavy atom. The van der Waals surface area contributed by atoms with Gasteiger partial charge in [0.05, 0.1) is 35.9 Å². The number of benzene rings is 1. The smallest absolute Gasteiger partial charge is 0.172 e. The molecular weight excluding hydrogens is 400 g/mol. The van der Waals surface area contributed by atoms with Gasteiger partial charge in [-0.05, 0) is 62.8 Å². The van der Waals surface area contributed by atoms with E-state index in [9.17, 15) is 10.5 Å². The predicted molar refractivity (Wildman–Crippen MR) is 117 cm³/mol. The second-order valence-electron chi connectivity index (χ2n) is 8.79. The molecule has 5 rings (SSSR count). The van der Waals surface area contributed by atoms with Crippen LogP contribution in [0.2, 0.25) is 0 Å². The Labute approximate surface area is 187 Å². The summed E-state index contributed by atoms with van der Waals surface area (Å²) in [6.07, 6.45) is 9.67. The second-order valence-corrected chi connectivity index (χ2v) is 8.79. The third-order valence-corrected chi connectivity index (χ3v) is 6.24. The standard InChI is InChI=1S/C25H24N6O/c1-15-9-20(10-16(2)21(15)11-27)32-25-23(17-3-4-17)30-31(24(25)18-5-6-18)22(7-8-26)19-12-28-14-29-13-19/h9-10,12-14,17-18,22H,3-7H2,1-2H3. The minimum atomic E-state index is -0.254. The van der Waals surface area contributed by atoms with Crippen molar-refractivity contribution in [2.75, 3.05) is 0 Å². The van der Waals surface area contributed by atoms with E-state index >= 15 is 0 Å². The summed E-state index contributed by atoms with van der Waals surface area (Å²) in [4.78, 5) is 8.33. The van der Waals surface area contributed by atoms with E-state index in [4.69, 9.17) is 9.84 Å². The molecule has 0 amide bonds. The van der Waals surface area contributed by atoms with Crippen molar-refractivity contribution in [3.8, 4) is 23.6 Å². The molecule has 7 nitrogen and oxygen atoms in total. The van der Waals surface area contributed by atoms with Gasteiger partial charge in [-0.1, -0.05) is 0 Å². The maximum absolute atomic E-state index is 9.56. The lowest BCUT2D eigenvalue weighted by Gasteiger charge is -2.18. The summed E-state index contributed by atoms with van der Waals surface area (Å²) in [5, 5.41) is 24.0. The summed E-state index contributed by atoms with van der Waals surface area (Å²) in [5.41, 5.74) is 5.41. The van der Waals surface area contributed by atoms with E-state index in [2.05, 4.69) is 22.1 Å². The van der Waals surface area contributed by atoms with Crippen LogP contribution in [0.3, 0.4) is 0 Å². The molecule has 0 aliphatic heterocycles. The van der Waals surface area contributed by atoms with Gasteiger partial charge >= 0.3 is 0 Å².